The van der Waals surface area contributed by atoms with Gasteiger partial charge in [-0.15, -0.1) is 0 Å². The number of nitrogens with zero attached hydrogens (tertiary/aromatic N) is 2. The Hall–Kier alpha value is -7.04. The van der Waals surface area contributed by atoms with E-state index in [9.17, 15) is 0 Å². The lowest BCUT2D eigenvalue weighted by Gasteiger charge is -2.09. The van der Waals surface area contributed by atoms with Gasteiger partial charge in [-0.05, 0) is 83.9 Å². The number of para-hydroxylation sites is 4. The quantitative estimate of drug-likeness (QED) is 0.188. The Morgan fingerprint density at radius 1 is 0.269 bits per heavy atom. The summed E-state index contributed by atoms with van der Waals surface area (Å²) in [6.45, 7) is 0. The molecule has 52 heavy (non-hydrogen) atoms. The smallest absolute Gasteiger partial charge is 0.139 e. The molecule has 0 radical (unpaired) electrons. The molecule has 12 rings (SSSR count). The molecule has 0 aliphatic heterocycles. The van der Waals surface area contributed by atoms with Crippen LogP contribution in [0.2, 0.25) is 0 Å². The number of furan rings is 2. The SMILES string of the molecule is c1ccc(-n2c3ccccc3c3cc(-c4ccc5c(c4)c4ccccc4n5-c4ccc5c(c4)oc4cc6oc7ccccc7c6cc45)ccc32)cc1. The molecule has 0 unspecified atom stereocenters. The van der Waals surface area contributed by atoms with Crippen molar-refractivity contribution in [3.63, 3.8) is 0 Å². The molecule has 4 heterocycles. The molecule has 0 amide bonds. The second kappa shape index (κ2) is 10.3. The molecule has 0 spiro atoms. The average Bonchev–Trinajstić information content (AvgIpc) is 3.93. The third-order valence-corrected chi connectivity index (χ3v) is 10.9. The molecule has 0 saturated heterocycles. The van der Waals surface area contributed by atoms with Gasteiger partial charge >= 0.3 is 0 Å². The van der Waals surface area contributed by atoms with Crippen molar-refractivity contribution in [2.45, 2.75) is 0 Å². The third kappa shape index (κ3) is 3.81. The summed E-state index contributed by atoms with van der Waals surface area (Å²) in [4.78, 5) is 0. The number of aromatic nitrogens is 2. The van der Waals surface area contributed by atoms with Crippen molar-refractivity contribution < 1.29 is 8.83 Å². The lowest BCUT2D eigenvalue weighted by molar-refractivity contribution is 0.656. The molecule has 0 bridgehead atoms. The highest BCUT2D eigenvalue weighted by atomic mass is 16.3. The predicted molar refractivity (Wildman–Crippen MR) is 215 cm³/mol. The minimum atomic E-state index is 0.828. The molecule has 4 nitrogen and oxygen atoms in total. The first-order valence-electron chi connectivity index (χ1n) is 17.7. The second-order valence-electron chi connectivity index (χ2n) is 13.7. The largest absolute Gasteiger partial charge is 0.456 e. The van der Waals surface area contributed by atoms with E-state index in [1.165, 1.54) is 49.4 Å². The summed E-state index contributed by atoms with van der Waals surface area (Å²) in [5.74, 6) is 0. The molecule has 0 aliphatic rings. The zero-order valence-electron chi connectivity index (χ0n) is 27.9. The van der Waals surface area contributed by atoms with Crippen LogP contribution >= 0.6 is 0 Å². The Morgan fingerprint density at radius 2 is 0.769 bits per heavy atom. The summed E-state index contributed by atoms with van der Waals surface area (Å²) in [5, 5.41) is 9.36. The van der Waals surface area contributed by atoms with Gasteiger partial charge in [0, 0.05) is 66.6 Å². The van der Waals surface area contributed by atoms with Crippen molar-refractivity contribution >= 4 is 87.5 Å². The normalized spacial score (nSPS) is 12.2. The van der Waals surface area contributed by atoms with Gasteiger partial charge in [0.1, 0.15) is 22.3 Å². The van der Waals surface area contributed by atoms with Crippen LogP contribution in [-0.2, 0) is 0 Å². The predicted octanol–water partition coefficient (Wildman–Crippen LogP) is 13.3. The molecule has 0 saturated carbocycles. The van der Waals surface area contributed by atoms with E-state index in [-0.39, 0.29) is 0 Å². The standard InChI is InChI=1S/C48H28N2O2/c1-2-10-31(11-3-1)49-41-15-7-4-12-33(41)37-24-29(18-22-43(37)49)30-19-23-44-38(25-30)34-13-5-8-16-42(34)50(44)32-20-21-36-40-27-39-35-14-6-9-17-45(35)51-47(39)28-48(40)52-46(36)26-32/h1-28H. The molecule has 0 fully saturated rings. The van der Waals surface area contributed by atoms with Crippen molar-refractivity contribution in [3.8, 4) is 22.5 Å². The van der Waals surface area contributed by atoms with Crippen LogP contribution in [0.5, 0.6) is 0 Å². The maximum Gasteiger partial charge on any atom is 0.139 e. The van der Waals surface area contributed by atoms with Crippen LogP contribution in [0.1, 0.15) is 0 Å². The van der Waals surface area contributed by atoms with E-state index < -0.39 is 0 Å². The summed E-state index contributed by atoms with van der Waals surface area (Å²) in [6.07, 6.45) is 0. The first-order chi connectivity index (χ1) is 25.8. The van der Waals surface area contributed by atoms with Gasteiger partial charge in [0.05, 0.1) is 22.1 Å². The molecule has 242 valence electrons. The summed E-state index contributed by atoms with van der Waals surface area (Å²) in [5.41, 5.74) is 12.8. The van der Waals surface area contributed by atoms with Crippen LogP contribution in [0.25, 0.3) is 110 Å². The lowest BCUT2D eigenvalue weighted by Crippen LogP contribution is -1.93. The average molecular weight is 665 g/mol. The van der Waals surface area contributed by atoms with Gasteiger partial charge in [0.2, 0.25) is 0 Å². The highest BCUT2D eigenvalue weighted by Gasteiger charge is 2.18. The van der Waals surface area contributed by atoms with Crippen LogP contribution in [0, 0.1) is 0 Å². The first kappa shape index (κ1) is 27.7. The molecule has 8 aromatic carbocycles. The summed E-state index contributed by atoms with van der Waals surface area (Å²) in [7, 11) is 0. The molecule has 0 atom stereocenters. The number of benzene rings is 8. The number of hydrogen-bond acceptors (Lipinski definition) is 2. The highest BCUT2D eigenvalue weighted by molar-refractivity contribution is 6.16. The fourth-order valence-corrected chi connectivity index (χ4v) is 8.56. The minimum Gasteiger partial charge on any atom is -0.456 e. The lowest BCUT2D eigenvalue weighted by atomic mass is 10.0. The Labute approximate surface area is 296 Å². The molecule has 0 N–H and O–H groups in total. The fourth-order valence-electron chi connectivity index (χ4n) is 8.56. The van der Waals surface area contributed by atoms with Crippen LogP contribution in [0.15, 0.2) is 179 Å². The molecule has 0 aliphatic carbocycles. The molecule has 12 aromatic rings. The topological polar surface area (TPSA) is 36.1 Å². The van der Waals surface area contributed by atoms with Gasteiger partial charge in [-0.25, -0.2) is 0 Å². The Morgan fingerprint density at radius 3 is 1.44 bits per heavy atom. The van der Waals surface area contributed by atoms with Crippen LogP contribution in [0.3, 0.4) is 0 Å². The number of hydrogen-bond donors (Lipinski definition) is 0. The van der Waals surface area contributed by atoms with Gasteiger partial charge < -0.3 is 18.0 Å². The zero-order chi connectivity index (χ0) is 33.9. The molecule has 4 heteroatoms. The Kier molecular flexibility index (Phi) is 5.47. The fraction of sp³-hybridized carbons (Fsp3) is 0. The monoisotopic (exact) mass is 664 g/mol. The van der Waals surface area contributed by atoms with Crippen molar-refractivity contribution in [2.24, 2.45) is 0 Å². The van der Waals surface area contributed by atoms with E-state index in [2.05, 4.69) is 161 Å². The van der Waals surface area contributed by atoms with Gasteiger partial charge in [-0.1, -0.05) is 84.9 Å². The number of fused-ring (bicyclic) bond motifs is 12. The third-order valence-electron chi connectivity index (χ3n) is 10.9. The van der Waals surface area contributed by atoms with Crippen LogP contribution < -0.4 is 0 Å². The van der Waals surface area contributed by atoms with Crippen molar-refractivity contribution in [3.05, 3.63) is 170 Å². The zero-order valence-corrected chi connectivity index (χ0v) is 27.9. The summed E-state index contributed by atoms with van der Waals surface area (Å²) in [6, 6.07) is 60.8. The van der Waals surface area contributed by atoms with E-state index in [0.717, 1.165) is 60.6 Å². The van der Waals surface area contributed by atoms with Gasteiger partial charge in [-0.2, -0.15) is 0 Å². The van der Waals surface area contributed by atoms with Crippen molar-refractivity contribution in [1.82, 2.24) is 9.13 Å². The molecular formula is C48H28N2O2. The molecule has 4 aromatic heterocycles. The van der Waals surface area contributed by atoms with E-state index in [0.29, 0.717) is 0 Å². The van der Waals surface area contributed by atoms with Gasteiger partial charge in [-0.3, -0.25) is 0 Å². The Bertz CT molecular complexity index is 3410. The van der Waals surface area contributed by atoms with Gasteiger partial charge in [0.15, 0.2) is 0 Å². The van der Waals surface area contributed by atoms with E-state index >= 15 is 0 Å². The van der Waals surface area contributed by atoms with Crippen molar-refractivity contribution in [2.75, 3.05) is 0 Å². The van der Waals surface area contributed by atoms with Crippen LogP contribution in [0.4, 0.5) is 0 Å². The summed E-state index contributed by atoms with van der Waals surface area (Å²) >= 11 is 0. The van der Waals surface area contributed by atoms with Crippen molar-refractivity contribution in [1.29, 1.82) is 0 Å². The van der Waals surface area contributed by atoms with E-state index in [1.807, 2.05) is 18.2 Å². The Balaban J connectivity index is 1.02. The molecular weight excluding hydrogens is 637 g/mol. The maximum atomic E-state index is 6.52. The highest BCUT2D eigenvalue weighted by Crippen LogP contribution is 2.41. The van der Waals surface area contributed by atoms with Crippen LogP contribution in [-0.4, -0.2) is 9.13 Å². The number of rotatable bonds is 3. The van der Waals surface area contributed by atoms with E-state index in [1.54, 1.807) is 0 Å². The minimum absolute atomic E-state index is 0.828. The second-order valence-corrected chi connectivity index (χ2v) is 13.7. The summed E-state index contributed by atoms with van der Waals surface area (Å²) < 4.78 is 17.4. The maximum absolute atomic E-state index is 6.52. The van der Waals surface area contributed by atoms with E-state index in [4.69, 9.17) is 8.83 Å². The first-order valence-corrected chi connectivity index (χ1v) is 17.7. The van der Waals surface area contributed by atoms with Gasteiger partial charge in [0.25, 0.3) is 0 Å².